The number of aliphatic hydroxyl groups excluding tert-OH is 1. The van der Waals surface area contributed by atoms with Crippen molar-refractivity contribution in [1.82, 2.24) is 4.90 Å². The van der Waals surface area contributed by atoms with Gasteiger partial charge in [-0.25, -0.2) is 0 Å². The lowest BCUT2D eigenvalue weighted by Gasteiger charge is -2.34. The summed E-state index contributed by atoms with van der Waals surface area (Å²) < 4.78 is 10.9. The van der Waals surface area contributed by atoms with Crippen LogP contribution in [0.2, 0.25) is 5.02 Å². The van der Waals surface area contributed by atoms with E-state index in [1.54, 1.807) is 7.11 Å². The molecule has 20 heavy (non-hydrogen) atoms. The second kappa shape index (κ2) is 7.84. The van der Waals surface area contributed by atoms with E-state index in [1.165, 1.54) is 0 Å². The fourth-order valence-corrected chi connectivity index (χ4v) is 2.72. The lowest BCUT2D eigenvalue weighted by atomic mass is 10.1. The summed E-state index contributed by atoms with van der Waals surface area (Å²) in [6, 6.07) is 7.54. The Hall–Kier alpha value is -0.810. The molecule has 4 nitrogen and oxygen atoms in total. The minimum absolute atomic E-state index is 0.124. The summed E-state index contributed by atoms with van der Waals surface area (Å²) in [6.45, 7) is 2.79. The van der Waals surface area contributed by atoms with Crippen molar-refractivity contribution in [2.75, 3.05) is 33.4 Å². The number of piperidine rings is 1. The average molecular weight is 300 g/mol. The van der Waals surface area contributed by atoms with E-state index in [0.717, 1.165) is 31.7 Å². The molecule has 0 saturated carbocycles. The molecule has 0 aromatic heterocycles. The number of para-hydroxylation sites is 1. The van der Waals surface area contributed by atoms with Crippen LogP contribution in [0.3, 0.4) is 0 Å². The van der Waals surface area contributed by atoms with Crippen molar-refractivity contribution in [3.8, 4) is 5.75 Å². The van der Waals surface area contributed by atoms with Crippen LogP contribution >= 0.6 is 11.6 Å². The molecule has 1 aromatic rings. The van der Waals surface area contributed by atoms with Gasteiger partial charge in [0.05, 0.1) is 17.7 Å². The summed E-state index contributed by atoms with van der Waals surface area (Å²) in [6.07, 6.45) is 1.76. The molecule has 1 aliphatic heterocycles. The van der Waals surface area contributed by atoms with Crippen LogP contribution in [0.15, 0.2) is 24.3 Å². The zero-order valence-electron chi connectivity index (χ0n) is 11.8. The number of methoxy groups -OCH3 is 1. The van der Waals surface area contributed by atoms with Crippen molar-refractivity contribution in [3.63, 3.8) is 0 Å². The van der Waals surface area contributed by atoms with Crippen molar-refractivity contribution in [1.29, 1.82) is 0 Å². The van der Waals surface area contributed by atoms with Crippen molar-refractivity contribution in [3.05, 3.63) is 29.3 Å². The first-order valence-corrected chi connectivity index (χ1v) is 7.37. The molecule has 0 radical (unpaired) electrons. The Labute approximate surface area is 125 Å². The summed E-state index contributed by atoms with van der Waals surface area (Å²) in [5.41, 5.74) is 0. The van der Waals surface area contributed by atoms with Gasteiger partial charge in [0.1, 0.15) is 11.9 Å². The topological polar surface area (TPSA) is 41.9 Å². The first-order chi connectivity index (χ1) is 9.69. The first kappa shape index (κ1) is 15.6. The van der Waals surface area contributed by atoms with Gasteiger partial charge in [-0.1, -0.05) is 23.7 Å². The summed E-state index contributed by atoms with van der Waals surface area (Å²) in [7, 11) is 1.60. The normalized spacial score (nSPS) is 21.6. The number of rotatable bonds is 6. The molecule has 1 fully saturated rings. The Morgan fingerprint density at radius 1 is 1.45 bits per heavy atom. The van der Waals surface area contributed by atoms with Crippen LogP contribution in [-0.2, 0) is 4.74 Å². The van der Waals surface area contributed by atoms with Crippen LogP contribution in [0, 0.1) is 0 Å². The van der Waals surface area contributed by atoms with Gasteiger partial charge in [-0.3, -0.25) is 4.90 Å². The van der Waals surface area contributed by atoms with Crippen LogP contribution in [-0.4, -0.2) is 55.6 Å². The van der Waals surface area contributed by atoms with Crippen molar-refractivity contribution >= 4 is 11.6 Å². The van der Waals surface area contributed by atoms with Crippen molar-refractivity contribution < 1.29 is 14.6 Å². The van der Waals surface area contributed by atoms with Gasteiger partial charge in [0.2, 0.25) is 0 Å². The predicted molar refractivity (Wildman–Crippen MR) is 79.4 cm³/mol. The molecule has 1 aliphatic rings. The number of halogens is 1. The van der Waals surface area contributed by atoms with Gasteiger partial charge in [0.15, 0.2) is 0 Å². The molecular weight excluding hydrogens is 278 g/mol. The number of ether oxygens (including phenoxy) is 2. The Balaban J connectivity index is 1.86. The second-order valence-electron chi connectivity index (χ2n) is 5.18. The molecular formula is C15H22ClNO3. The number of hydrogen-bond donors (Lipinski definition) is 1. The third-order valence-corrected chi connectivity index (χ3v) is 3.73. The summed E-state index contributed by atoms with van der Waals surface area (Å²) in [4.78, 5) is 2.22. The SMILES string of the molecule is COC[C@@H](O)CN1CCC[C@@H](Oc2ccccc2Cl)C1. The molecule has 0 unspecified atom stereocenters. The Bertz CT molecular complexity index is 416. The monoisotopic (exact) mass is 299 g/mol. The number of likely N-dealkylation sites (tertiary alicyclic amines) is 1. The van der Waals surface area contributed by atoms with Crippen LogP contribution in [0.1, 0.15) is 12.8 Å². The predicted octanol–water partition coefficient (Wildman–Crippen LogP) is 2.19. The molecule has 1 heterocycles. The van der Waals surface area contributed by atoms with Crippen LogP contribution in [0.4, 0.5) is 0 Å². The van der Waals surface area contributed by atoms with E-state index in [1.807, 2.05) is 24.3 Å². The zero-order chi connectivity index (χ0) is 14.4. The molecule has 1 N–H and O–H groups in total. The Morgan fingerprint density at radius 2 is 2.25 bits per heavy atom. The molecule has 0 spiro atoms. The number of β-amino-alcohol motifs (C(OH)–C–C–N with tert-alkyl or cyclic N) is 1. The van der Waals surface area contributed by atoms with Gasteiger partial charge < -0.3 is 14.6 Å². The van der Waals surface area contributed by atoms with Gasteiger partial charge in [-0.05, 0) is 31.5 Å². The second-order valence-corrected chi connectivity index (χ2v) is 5.59. The highest BCUT2D eigenvalue weighted by atomic mass is 35.5. The van der Waals surface area contributed by atoms with E-state index in [2.05, 4.69) is 4.90 Å². The smallest absolute Gasteiger partial charge is 0.138 e. The minimum Gasteiger partial charge on any atom is -0.488 e. The third-order valence-electron chi connectivity index (χ3n) is 3.42. The molecule has 5 heteroatoms. The first-order valence-electron chi connectivity index (χ1n) is 6.99. The lowest BCUT2D eigenvalue weighted by Crippen LogP contribution is -2.45. The highest BCUT2D eigenvalue weighted by Crippen LogP contribution is 2.26. The standard InChI is InChI=1S/C15H22ClNO3/c1-19-11-12(18)9-17-8-4-5-13(10-17)20-15-7-3-2-6-14(15)16/h2-3,6-7,12-13,18H,4-5,8-11H2,1H3/t12-,13+/m0/s1. The van der Waals surface area contributed by atoms with E-state index in [4.69, 9.17) is 21.1 Å². The van der Waals surface area contributed by atoms with Crippen LogP contribution < -0.4 is 4.74 Å². The lowest BCUT2D eigenvalue weighted by molar-refractivity contribution is 0.0149. The summed E-state index contributed by atoms with van der Waals surface area (Å²) >= 11 is 6.11. The van der Waals surface area contributed by atoms with Gasteiger partial charge in [-0.15, -0.1) is 0 Å². The Kier molecular flexibility index (Phi) is 6.10. The fourth-order valence-electron chi connectivity index (χ4n) is 2.54. The number of nitrogens with zero attached hydrogens (tertiary/aromatic N) is 1. The maximum absolute atomic E-state index is 9.79. The average Bonchev–Trinajstić information content (AvgIpc) is 2.42. The highest BCUT2D eigenvalue weighted by Gasteiger charge is 2.23. The Morgan fingerprint density at radius 3 is 3.00 bits per heavy atom. The van der Waals surface area contributed by atoms with E-state index < -0.39 is 6.10 Å². The quantitative estimate of drug-likeness (QED) is 0.874. The van der Waals surface area contributed by atoms with Gasteiger partial charge in [0, 0.05) is 20.2 Å². The number of aliphatic hydroxyl groups is 1. The number of benzene rings is 1. The third kappa shape index (κ3) is 4.63. The van der Waals surface area contributed by atoms with Crippen LogP contribution in [0.25, 0.3) is 0 Å². The molecule has 1 aromatic carbocycles. The molecule has 0 aliphatic carbocycles. The van der Waals surface area contributed by atoms with Gasteiger partial charge in [0.25, 0.3) is 0 Å². The molecule has 2 atom stereocenters. The van der Waals surface area contributed by atoms with Gasteiger partial charge in [-0.2, -0.15) is 0 Å². The maximum atomic E-state index is 9.79. The summed E-state index contributed by atoms with van der Waals surface area (Å²) in [5.74, 6) is 0.735. The van der Waals surface area contributed by atoms with E-state index in [-0.39, 0.29) is 6.10 Å². The molecule has 0 bridgehead atoms. The largest absolute Gasteiger partial charge is 0.488 e. The zero-order valence-corrected chi connectivity index (χ0v) is 12.6. The molecule has 0 amide bonds. The van der Waals surface area contributed by atoms with Gasteiger partial charge >= 0.3 is 0 Å². The molecule has 1 saturated heterocycles. The highest BCUT2D eigenvalue weighted by molar-refractivity contribution is 6.32. The fraction of sp³-hybridized carbons (Fsp3) is 0.600. The molecule has 2 rings (SSSR count). The van der Waals surface area contributed by atoms with Crippen molar-refractivity contribution in [2.24, 2.45) is 0 Å². The van der Waals surface area contributed by atoms with Crippen LogP contribution in [0.5, 0.6) is 5.75 Å². The maximum Gasteiger partial charge on any atom is 0.138 e. The van der Waals surface area contributed by atoms with Crippen molar-refractivity contribution in [2.45, 2.75) is 25.0 Å². The van der Waals surface area contributed by atoms with E-state index in [0.29, 0.717) is 18.2 Å². The summed E-state index contributed by atoms with van der Waals surface area (Å²) in [5, 5.41) is 10.4. The van der Waals surface area contributed by atoms with E-state index >= 15 is 0 Å². The minimum atomic E-state index is -0.445. The van der Waals surface area contributed by atoms with E-state index in [9.17, 15) is 5.11 Å². The molecule has 112 valence electrons. The number of hydrogen-bond acceptors (Lipinski definition) is 4.